The molecule has 48 valence electrons. The van der Waals surface area contributed by atoms with Gasteiger partial charge in [0.2, 0.25) is 0 Å². The molecule has 1 rings (SSSR count). The van der Waals surface area contributed by atoms with Gasteiger partial charge in [-0.25, -0.2) is 4.39 Å². The lowest BCUT2D eigenvalue weighted by Crippen LogP contribution is -1.88. The summed E-state index contributed by atoms with van der Waals surface area (Å²) in [5, 5.41) is 0. The van der Waals surface area contributed by atoms with E-state index >= 15 is 0 Å². The van der Waals surface area contributed by atoms with E-state index < -0.39 is 0 Å². The molecular formula is C6H5ClFN. The summed E-state index contributed by atoms with van der Waals surface area (Å²) >= 11 is 5.33. The van der Waals surface area contributed by atoms with Crippen molar-refractivity contribution >= 4 is 11.6 Å². The van der Waals surface area contributed by atoms with Crippen molar-refractivity contribution < 1.29 is 4.39 Å². The number of halogens is 2. The van der Waals surface area contributed by atoms with Gasteiger partial charge in [-0.05, 0) is 12.1 Å². The topological polar surface area (TPSA) is 12.9 Å². The van der Waals surface area contributed by atoms with Crippen molar-refractivity contribution in [2.75, 3.05) is 0 Å². The average molecular weight is 146 g/mol. The smallest absolute Gasteiger partial charge is 0.145 e. The van der Waals surface area contributed by atoms with Gasteiger partial charge >= 0.3 is 0 Å². The van der Waals surface area contributed by atoms with E-state index in [1.807, 2.05) is 0 Å². The molecule has 0 bridgehead atoms. The van der Waals surface area contributed by atoms with Gasteiger partial charge in [0.1, 0.15) is 5.82 Å². The number of alkyl halides is 1. The van der Waals surface area contributed by atoms with Crippen LogP contribution in [0.5, 0.6) is 0 Å². The van der Waals surface area contributed by atoms with Crippen molar-refractivity contribution in [3.05, 3.63) is 29.8 Å². The molecule has 0 aliphatic heterocycles. The van der Waals surface area contributed by atoms with Crippen molar-refractivity contribution in [3.63, 3.8) is 0 Å². The summed E-state index contributed by atoms with van der Waals surface area (Å²) in [5.74, 6) is -0.209. The fraction of sp³-hybridized carbons (Fsp3) is 0.167. The molecule has 0 N–H and O–H groups in total. The lowest BCUT2D eigenvalue weighted by atomic mass is 10.4. The molecular weight excluding hydrogens is 141 g/mol. The molecule has 0 spiro atoms. The van der Waals surface area contributed by atoms with Crippen molar-refractivity contribution in [1.29, 1.82) is 0 Å². The summed E-state index contributed by atoms with van der Waals surface area (Å²) in [4.78, 5) is 3.69. The molecule has 1 nitrogen and oxygen atoms in total. The largest absolute Gasteiger partial charge is 0.257 e. The van der Waals surface area contributed by atoms with Crippen LogP contribution < -0.4 is 0 Å². The third kappa shape index (κ3) is 1.39. The molecule has 0 saturated carbocycles. The minimum Gasteiger partial charge on any atom is -0.257 e. The highest BCUT2D eigenvalue weighted by molar-refractivity contribution is 6.16. The maximum absolute atomic E-state index is 12.4. The van der Waals surface area contributed by atoms with Crippen LogP contribution in [-0.4, -0.2) is 4.98 Å². The van der Waals surface area contributed by atoms with Gasteiger partial charge in [-0.2, -0.15) is 0 Å². The maximum Gasteiger partial charge on any atom is 0.145 e. The Kier molecular flexibility index (Phi) is 2.01. The van der Waals surface area contributed by atoms with E-state index in [2.05, 4.69) is 4.98 Å². The monoisotopic (exact) mass is 145 g/mol. The van der Waals surface area contributed by atoms with E-state index in [0.717, 1.165) is 0 Å². The summed E-state index contributed by atoms with van der Waals surface area (Å²) in [7, 11) is 0. The first-order valence-corrected chi connectivity index (χ1v) is 3.03. The average Bonchev–Trinajstić information content (AvgIpc) is 1.89. The van der Waals surface area contributed by atoms with Gasteiger partial charge < -0.3 is 0 Å². The van der Waals surface area contributed by atoms with E-state index in [0.29, 0.717) is 5.69 Å². The zero-order chi connectivity index (χ0) is 6.69. The zero-order valence-corrected chi connectivity index (χ0v) is 5.40. The van der Waals surface area contributed by atoms with Crippen LogP contribution in [0.25, 0.3) is 0 Å². The van der Waals surface area contributed by atoms with Crippen molar-refractivity contribution in [1.82, 2.24) is 4.98 Å². The predicted molar refractivity (Wildman–Crippen MR) is 33.8 cm³/mol. The predicted octanol–water partition coefficient (Wildman–Crippen LogP) is 1.96. The molecule has 0 radical (unpaired) electrons. The number of aromatic nitrogens is 1. The Labute approximate surface area is 57.5 Å². The summed E-state index contributed by atoms with van der Waals surface area (Å²) < 4.78 is 12.4. The standard InChI is InChI=1S/C6H5ClFN/c7-4-6-5(8)2-1-3-9-6/h1-3H,4H2. The first-order valence-electron chi connectivity index (χ1n) is 2.50. The molecule has 3 heteroatoms. The molecule has 0 aliphatic carbocycles. The van der Waals surface area contributed by atoms with E-state index in [1.54, 1.807) is 0 Å². The van der Waals surface area contributed by atoms with Gasteiger partial charge in [0, 0.05) is 6.20 Å². The lowest BCUT2D eigenvalue weighted by molar-refractivity contribution is 0.608. The molecule has 0 fully saturated rings. The normalized spacial score (nSPS) is 9.56. The van der Waals surface area contributed by atoms with Crippen LogP contribution in [0.2, 0.25) is 0 Å². The molecule has 1 aromatic heterocycles. The van der Waals surface area contributed by atoms with E-state index in [1.165, 1.54) is 18.3 Å². The van der Waals surface area contributed by atoms with Crippen molar-refractivity contribution in [2.24, 2.45) is 0 Å². The molecule has 0 saturated heterocycles. The Balaban J connectivity index is 3.01. The molecule has 0 aromatic carbocycles. The molecule has 0 atom stereocenters. The maximum atomic E-state index is 12.4. The molecule has 9 heavy (non-hydrogen) atoms. The first kappa shape index (κ1) is 6.49. The van der Waals surface area contributed by atoms with Crippen molar-refractivity contribution in [2.45, 2.75) is 5.88 Å². The summed E-state index contributed by atoms with van der Waals surface area (Å²) in [6, 6.07) is 2.87. The highest BCUT2D eigenvalue weighted by Crippen LogP contribution is 2.04. The number of hydrogen-bond donors (Lipinski definition) is 0. The second kappa shape index (κ2) is 2.78. The van der Waals surface area contributed by atoms with Gasteiger partial charge in [0.05, 0.1) is 11.6 Å². The Hall–Kier alpha value is -0.630. The van der Waals surface area contributed by atoms with Gasteiger partial charge in [0.15, 0.2) is 0 Å². The Morgan fingerprint density at radius 1 is 1.67 bits per heavy atom. The molecule has 0 amide bonds. The third-order valence-corrected chi connectivity index (χ3v) is 1.21. The van der Waals surface area contributed by atoms with E-state index in [9.17, 15) is 4.39 Å². The van der Waals surface area contributed by atoms with Crippen LogP contribution in [0.4, 0.5) is 4.39 Å². The number of pyridine rings is 1. The van der Waals surface area contributed by atoms with Crippen LogP contribution in [0.15, 0.2) is 18.3 Å². The van der Waals surface area contributed by atoms with Crippen LogP contribution >= 0.6 is 11.6 Å². The molecule has 1 heterocycles. The first-order chi connectivity index (χ1) is 4.34. The van der Waals surface area contributed by atoms with Gasteiger partial charge in [-0.15, -0.1) is 11.6 Å². The second-order valence-electron chi connectivity index (χ2n) is 1.57. The number of hydrogen-bond acceptors (Lipinski definition) is 1. The van der Waals surface area contributed by atoms with Gasteiger partial charge in [-0.3, -0.25) is 4.98 Å². The van der Waals surface area contributed by atoms with Crippen molar-refractivity contribution in [3.8, 4) is 0 Å². The Morgan fingerprint density at radius 3 is 2.89 bits per heavy atom. The number of rotatable bonds is 1. The molecule has 1 aromatic rings. The Morgan fingerprint density at radius 2 is 2.44 bits per heavy atom. The molecule has 0 aliphatic rings. The van der Waals surface area contributed by atoms with Crippen LogP contribution in [0, 0.1) is 5.82 Å². The summed E-state index contributed by atoms with van der Waals surface area (Å²) in [6.07, 6.45) is 1.51. The van der Waals surface area contributed by atoms with E-state index in [4.69, 9.17) is 11.6 Å². The van der Waals surface area contributed by atoms with Crippen LogP contribution in [0.3, 0.4) is 0 Å². The Bertz CT molecular complexity index is 202. The summed E-state index contributed by atoms with van der Waals surface area (Å²) in [5.41, 5.74) is 0.305. The minimum atomic E-state index is -0.340. The fourth-order valence-corrected chi connectivity index (χ4v) is 0.713. The van der Waals surface area contributed by atoms with Gasteiger partial charge in [-0.1, -0.05) is 0 Å². The van der Waals surface area contributed by atoms with Crippen LogP contribution in [-0.2, 0) is 5.88 Å². The summed E-state index contributed by atoms with van der Waals surface area (Å²) in [6.45, 7) is 0. The lowest BCUT2D eigenvalue weighted by Gasteiger charge is -1.92. The SMILES string of the molecule is Fc1cccnc1CCl. The highest BCUT2D eigenvalue weighted by Gasteiger charge is 1.97. The van der Waals surface area contributed by atoms with Gasteiger partial charge in [0.25, 0.3) is 0 Å². The highest BCUT2D eigenvalue weighted by atomic mass is 35.5. The zero-order valence-electron chi connectivity index (χ0n) is 4.64. The minimum absolute atomic E-state index is 0.132. The quantitative estimate of drug-likeness (QED) is 0.551. The number of nitrogens with zero attached hydrogens (tertiary/aromatic N) is 1. The fourth-order valence-electron chi connectivity index (χ4n) is 0.517. The van der Waals surface area contributed by atoms with E-state index in [-0.39, 0.29) is 11.7 Å². The van der Waals surface area contributed by atoms with Crippen LogP contribution in [0.1, 0.15) is 5.69 Å². The third-order valence-electron chi connectivity index (χ3n) is 0.961. The second-order valence-corrected chi connectivity index (χ2v) is 1.83. The molecule has 0 unspecified atom stereocenters.